The lowest BCUT2D eigenvalue weighted by molar-refractivity contribution is -0.433. The number of likely N-dealkylation sites (tertiary alicyclic amines) is 1. The summed E-state index contributed by atoms with van der Waals surface area (Å²) in [7, 11) is 0. The Hall–Kier alpha value is -1.20. The Bertz CT molecular complexity index is 368. The Labute approximate surface area is 101 Å². The first-order valence-corrected chi connectivity index (χ1v) is 6.10. The second kappa shape index (κ2) is 4.98. The van der Waals surface area contributed by atoms with Crippen molar-refractivity contribution in [3.05, 3.63) is 33.5 Å². The van der Waals surface area contributed by atoms with Gasteiger partial charge in [-0.3, -0.25) is 15.0 Å². The van der Waals surface area contributed by atoms with E-state index in [1.54, 1.807) is 6.08 Å². The van der Waals surface area contributed by atoms with Crippen LogP contribution in [0.25, 0.3) is 0 Å². The zero-order valence-electron chi connectivity index (χ0n) is 10.1. The molecule has 1 atom stereocenters. The second-order valence-electron chi connectivity index (χ2n) is 4.90. The third kappa shape index (κ3) is 2.73. The van der Waals surface area contributed by atoms with E-state index in [1.807, 2.05) is 6.92 Å². The Morgan fingerprint density at radius 2 is 2.12 bits per heavy atom. The van der Waals surface area contributed by atoms with Gasteiger partial charge in [0.25, 0.3) is 5.70 Å². The number of nitrogens with zero attached hydrogens (tertiary/aromatic N) is 2. The predicted molar refractivity (Wildman–Crippen MR) is 66.0 cm³/mol. The lowest BCUT2D eigenvalue weighted by atomic mass is 9.96. The molecule has 1 fully saturated rings. The number of hydrogen-bond donors (Lipinski definition) is 1. The van der Waals surface area contributed by atoms with Crippen LogP contribution in [0.15, 0.2) is 23.4 Å². The maximum atomic E-state index is 11.1. The van der Waals surface area contributed by atoms with Crippen LogP contribution in [-0.2, 0) is 0 Å². The van der Waals surface area contributed by atoms with Crippen molar-refractivity contribution >= 4 is 0 Å². The minimum absolute atomic E-state index is 0.0683. The van der Waals surface area contributed by atoms with E-state index in [0.29, 0.717) is 5.70 Å². The summed E-state index contributed by atoms with van der Waals surface area (Å²) in [6.07, 6.45) is 6.39. The van der Waals surface area contributed by atoms with Crippen LogP contribution in [0.2, 0.25) is 0 Å². The number of hydrogen-bond acceptors (Lipinski definition) is 4. The minimum atomic E-state index is -0.240. The molecule has 2 rings (SSSR count). The molecule has 0 radical (unpaired) electrons. The summed E-state index contributed by atoms with van der Waals surface area (Å²) >= 11 is 0. The first-order chi connectivity index (χ1) is 8.08. The molecule has 1 unspecified atom stereocenters. The quantitative estimate of drug-likeness (QED) is 0.580. The highest BCUT2D eigenvalue weighted by Gasteiger charge is 2.33. The molecule has 1 aliphatic heterocycles. The minimum Gasteiger partial charge on any atom is -0.328 e. The van der Waals surface area contributed by atoms with Gasteiger partial charge in [0.2, 0.25) is 0 Å². The van der Waals surface area contributed by atoms with Gasteiger partial charge in [-0.05, 0) is 31.8 Å². The van der Waals surface area contributed by atoms with Gasteiger partial charge in [0.05, 0.1) is 4.92 Å². The fourth-order valence-corrected chi connectivity index (χ4v) is 2.55. The van der Waals surface area contributed by atoms with Crippen LogP contribution in [0, 0.1) is 10.1 Å². The molecular weight excluding hydrogens is 218 g/mol. The van der Waals surface area contributed by atoms with E-state index in [4.69, 9.17) is 5.73 Å². The van der Waals surface area contributed by atoms with Crippen LogP contribution in [0.1, 0.15) is 26.2 Å². The van der Waals surface area contributed by atoms with E-state index in [-0.39, 0.29) is 17.0 Å². The first-order valence-electron chi connectivity index (χ1n) is 6.10. The Kier molecular flexibility index (Phi) is 3.59. The summed E-state index contributed by atoms with van der Waals surface area (Å²) in [5, 5.41) is 11.1. The Balaban J connectivity index is 2.11. The van der Waals surface area contributed by atoms with Crippen LogP contribution in [0.4, 0.5) is 0 Å². The van der Waals surface area contributed by atoms with E-state index in [2.05, 4.69) is 11.0 Å². The molecule has 0 aromatic carbocycles. The molecule has 1 saturated heterocycles. The van der Waals surface area contributed by atoms with Crippen molar-refractivity contribution in [3.8, 4) is 0 Å². The highest BCUT2D eigenvalue weighted by molar-refractivity contribution is 5.27. The van der Waals surface area contributed by atoms with E-state index in [1.165, 1.54) is 0 Å². The van der Waals surface area contributed by atoms with E-state index >= 15 is 0 Å². The van der Waals surface area contributed by atoms with E-state index in [9.17, 15) is 10.1 Å². The molecular formula is C12H19N3O2. The van der Waals surface area contributed by atoms with Gasteiger partial charge in [0.1, 0.15) is 6.04 Å². The largest absolute Gasteiger partial charge is 0.328 e. The maximum Gasteiger partial charge on any atom is 0.263 e. The third-order valence-corrected chi connectivity index (χ3v) is 3.61. The molecule has 2 aliphatic rings. The fraction of sp³-hybridized carbons (Fsp3) is 0.667. The highest BCUT2D eigenvalue weighted by atomic mass is 16.6. The molecule has 0 spiro atoms. The Morgan fingerprint density at radius 3 is 2.71 bits per heavy atom. The van der Waals surface area contributed by atoms with Crippen molar-refractivity contribution in [2.45, 2.75) is 38.3 Å². The van der Waals surface area contributed by atoms with Crippen molar-refractivity contribution in [2.24, 2.45) is 5.73 Å². The van der Waals surface area contributed by atoms with Gasteiger partial charge in [-0.2, -0.15) is 0 Å². The molecule has 5 nitrogen and oxygen atoms in total. The highest BCUT2D eigenvalue weighted by Crippen LogP contribution is 2.25. The van der Waals surface area contributed by atoms with Crippen LogP contribution in [0.5, 0.6) is 0 Å². The van der Waals surface area contributed by atoms with Gasteiger partial charge in [-0.1, -0.05) is 6.08 Å². The number of rotatable bonds is 2. The second-order valence-corrected chi connectivity index (χ2v) is 4.90. The van der Waals surface area contributed by atoms with Crippen LogP contribution in [-0.4, -0.2) is 35.0 Å². The zero-order valence-corrected chi connectivity index (χ0v) is 10.1. The summed E-state index contributed by atoms with van der Waals surface area (Å²) in [6.45, 7) is 3.64. The topological polar surface area (TPSA) is 72.4 Å². The van der Waals surface area contributed by atoms with Crippen LogP contribution < -0.4 is 5.73 Å². The molecule has 0 aromatic rings. The summed E-state index contributed by atoms with van der Waals surface area (Å²) < 4.78 is 0. The van der Waals surface area contributed by atoms with Gasteiger partial charge < -0.3 is 5.73 Å². The standard InChI is InChI=1S/C12H19N3O2/c1-9-2-3-11(12(8-9)15(16)17)14-6-4-10(13)5-7-14/h2,8,10-11H,3-7,13H2,1H3. The molecule has 2 N–H and O–H groups in total. The summed E-state index contributed by atoms with van der Waals surface area (Å²) in [4.78, 5) is 13.0. The predicted octanol–water partition coefficient (Wildman–Crippen LogP) is 1.29. The number of nitro groups is 1. The van der Waals surface area contributed by atoms with Crippen molar-refractivity contribution < 1.29 is 4.92 Å². The van der Waals surface area contributed by atoms with Gasteiger partial charge in [-0.25, -0.2) is 0 Å². The molecule has 1 heterocycles. The summed E-state index contributed by atoms with van der Waals surface area (Å²) in [5.74, 6) is 0. The third-order valence-electron chi connectivity index (χ3n) is 3.61. The molecule has 0 bridgehead atoms. The van der Waals surface area contributed by atoms with Crippen LogP contribution >= 0.6 is 0 Å². The van der Waals surface area contributed by atoms with Gasteiger partial charge in [0, 0.05) is 25.2 Å². The first kappa shape index (κ1) is 12.3. The van der Waals surface area contributed by atoms with Gasteiger partial charge in [-0.15, -0.1) is 0 Å². The van der Waals surface area contributed by atoms with Crippen molar-refractivity contribution in [1.82, 2.24) is 4.90 Å². The average molecular weight is 237 g/mol. The molecule has 94 valence electrons. The van der Waals surface area contributed by atoms with Crippen LogP contribution in [0.3, 0.4) is 0 Å². The number of piperidine rings is 1. The zero-order chi connectivity index (χ0) is 12.4. The summed E-state index contributed by atoms with van der Waals surface area (Å²) in [6, 6.07) is 0.191. The normalized spacial score (nSPS) is 27.5. The molecule has 1 aliphatic carbocycles. The smallest absolute Gasteiger partial charge is 0.263 e. The molecule has 0 saturated carbocycles. The lowest BCUT2D eigenvalue weighted by Crippen LogP contribution is -2.47. The van der Waals surface area contributed by atoms with E-state index in [0.717, 1.165) is 37.9 Å². The average Bonchev–Trinajstić information content (AvgIpc) is 2.30. The lowest BCUT2D eigenvalue weighted by Gasteiger charge is -2.35. The number of nitrogens with two attached hydrogens (primary N) is 1. The molecule has 5 heteroatoms. The van der Waals surface area contributed by atoms with E-state index < -0.39 is 0 Å². The maximum absolute atomic E-state index is 11.1. The Morgan fingerprint density at radius 1 is 1.47 bits per heavy atom. The summed E-state index contributed by atoms with van der Waals surface area (Å²) in [5.41, 5.74) is 7.18. The fourth-order valence-electron chi connectivity index (χ4n) is 2.55. The molecule has 0 aromatic heterocycles. The number of allylic oxidation sites excluding steroid dienone is 2. The van der Waals surface area contributed by atoms with Gasteiger partial charge >= 0.3 is 0 Å². The molecule has 0 amide bonds. The van der Waals surface area contributed by atoms with Crippen molar-refractivity contribution in [1.29, 1.82) is 0 Å². The SMILES string of the molecule is CC1=CCC(N2CCC(N)CC2)C([N+](=O)[O-])=C1. The molecule has 17 heavy (non-hydrogen) atoms. The van der Waals surface area contributed by atoms with Crippen molar-refractivity contribution in [3.63, 3.8) is 0 Å². The monoisotopic (exact) mass is 237 g/mol. The van der Waals surface area contributed by atoms with Crippen molar-refractivity contribution in [2.75, 3.05) is 13.1 Å². The van der Waals surface area contributed by atoms with Gasteiger partial charge in [0.15, 0.2) is 0 Å².